The molecule has 9 nitrogen and oxygen atoms in total. The van der Waals surface area contributed by atoms with Crippen molar-refractivity contribution in [1.29, 1.82) is 0 Å². The molecule has 0 unspecified atom stereocenters. The highest BCUT2D eigenvalue weighted by molar-refractivity contribution is 7.99. The first-order chi connectivity index (χ1) is 12.9. The van der Waals surface area contributed by atoms with E-state index < -0.39 is 11.2 Å². The Kier molecular flexibility index (Phi) is 5.26. The number of nitrogens with one attached hydrogen (secondary N) is 2. The Balaban J connectivity index is 1.65. The van der Waals surface area contributed by atoms with Crippen molar-refractivity contribution >= 4 is 28.6 Å². The standard InChI is InChI=1S/C17H17N5O4S/c1-21-10(7-14(24)22(2)17(21)26)8-18-13(23)9-27-16-19-12-6-4-3-5-11(12)15(25)20-16/h3-7H,8-9H2,1-2H3,(H,18,23)(H,19,20,25). The summed E-state index contributed by atoms with van der Waals surface area (Å²) in [4.78, 5) is 54.6. The Morgan fingerprint density at radius 3 is 2.70 bits per heavy atom. The van der Waals surface area contributed by atoms with E-state index in [-0.39, 0.29) is 23.8 Å². The van der Waals surface area contributed by atoms with Gasteiger partial charge in [-0.05, 0) is 12.1 Å². The first-order valence-electron chi connectivity index (χ1n) is 8.01. The predicted octanol–water partition coefficient (Wildman–Crippen LogP) is -0.271. The maximum absolute atomic E-state index is 12.1. The number of carbonyl (C=O) groups excluding carboxylic acids is 1. The van der Waals surface area contributed by atoms with Crippen molar-refractivity contribution in [3.63, 3.8) is 0 Å². The number of aromatic nitrogens is 4. The van der Waals surface area contributed by atoms with Gasteiger partial charge >= 0.3 is 5.69 Å². The topological polar surface area (TPSA) is 119 Å². The number of H-pyrrole nitrogens is 1. The molecule has 0 aliphatic rings. The number of thioether (sulfide) groups is 1. The van der Waals surface area contributed by atoms with Crippen LogP contribution in [0.15, 0.2) is 49.9 Å². The smallest absolute Gasteiger partial charge is 0.330 e. The fourth-order valence-electron chi connectivity index (χ4n) is 2.46. The van der Waals surface area contributed by atoms with Crippen LogP contribution in [0.25, 0.3) is 10.9 Å². The number of nitrogens with zero attached hydrogens (tertiary/aromatic N) is 3. The van der Waals surface area contributed by atoms with Gasteiger partial charge < -0.3 is 10.3 Å². The minimum Gasteiger partial charge on any atom is -0.350 e. The van der Waals surface area contributed by atoms with E-state index in [0.29, 0.717) is 21.8 Å². The number of benzene rings is 1. The third kappa shape index (κ3) is 4.00. The van der Waals surface area contributed by atoms with Crippen molar-refractivity contribution < 1.29 is 4.79 Å². The lowest BCUT2D eigenvalue weighted by Crippen LogP contribution is -2.39. The van der Waals surface area contributed by atoms with Crippen LogP contribution in [0.3, 0.4) is 0 Å². The zero-order chi connectivity index (χ0) is 19.6. The van der Waals surface area contributed by atoms with Crippen LogP contribution in [-0.4, -0.2) is 30.8 Å². The summed E-state index contributed by atoms with van der Waals surface area (Å²) < 4.78 is 2.29. The molecule has 0 atom stereocenters. The van der Waals surface area contributed by atoms with Gasteiger partial charge in [-0.2, -0.15) is 0 Å². The van der Waals surface area contributed by atoms with Crippen molar-refractivity contribution in [3.8, 4) is 0 Å². The molecule has 0 fully saturated rings. The van der Waals surface area contributed by atoms with Gasteiger partial charge in [-0.3, -0.25) is 23.5 Å². The van der Waals surface area contributed by atoms with Crippen LogP contribution < -0.4 is 22.1 Å². The molecule has 2 heterocycles. The molecule has 3 aromatic rings. The van der Waals surface area contributed by atoms with E-state index in [9.17, 15) is 19.2 Å². The van der Waals surface area contributed by atoms with Gasteiger partial charge in [0.15, 0.2) is 5.16 Å². The van der Waals surface area contributed by atoms with Crippen LogP contribution in [0, 0.1) is 0 Å². The van der Waals surface area contributed by atoms with E-state index in [0.717, 1.165) is 16.3 Å². The summed E-state index contributed by atoms with van der Waals surface area (Å²) in [7, 11) is 2.92. The van der Waals surface area contributed by atoms with Gasteiger partial charge in [0.25, 0.3) is 11.1 Å². The van der Waals surface area contributed by atoms with E-state index >= 15 is 0 Å². The van der Waals surface area contributed by atoms with E-state index in [1.165, 1.54) is 24.7 Å². The number of hydrogen-bond acceptors (Lipinski definition) is 6. The highest BCUT2D eigenvalue weighted by atomic mass is 32.2. The molecule has 0 spiro atoms. The van der Waals surface area contributed by atoms with E-state index in [1.54, 1.807) is 24.3 Å². The van der Waals surface area contributed by atoms with Crippen LogP contribution in [0.1, 0.15) is 5.69 Å². The molecule has 0 saturated heterocycles. The number of aromatic amines is 1. The molecular weight excluding hydrogens is 370 g/mol. The van der Waals surface area contributed by atoms with Gasteiger partial charge in [0.05, 0.1) is 23.2 Å². The number of hydrogen-bond donors (Lipinski definition) is 2. The molecule has 3 rings (SSSR count). The van der Waals surface area contributed by atoms with Crippen molar-refractivity contribution in [2.75, 3.05) is 5.75 Å². The lowest BCUT2D eigenvalue weighted by molar-refractivity contribution is -0.118. The van der Waals surface area contributed by atoms with Gasteiger partial charge in [0.2, 0.25) is 5.91 Å². The van der Waals surface area contributed by atoms with Crippen LogP contribution >= 0.6 is 11.8 Å². The average molecular weight is 387 g/mol. The lowest BCUT2D eigenvalue weighted by Gasteiger charge is -2.10. The van der Waals surface area contributed by atoms with Crippen LogP contribution in [-0.2, 0) is 25.4 Å². The van der Waals surface area contributed by atoms with Crippen molar-refractivity contribution in [2.24, 2.45) is 14.1 Å². The maximum Gasteiger partial charge on any atom is 0.330 e. The van der Waals surface area contributed by atoms with Gasteiger partial charge in [0.1, 0.15) is 0 Å². The average Bonchev–Trinajstić information content (AvgIpc) is 2.66. The normalized spacial score (nSPS) is 10.9. The third-order valence-corrected chi connectivity index (χ3v) is 4.90. The molecule has 1 aromatic carbocycles. The molecule has 0 bridgehead atoms. The van der Waals surface area contributed by atoms with Crippen molar-refractivity contribution in [3.05, 3.63) is 67.2 Å². The van der Waals surface area contributed by atoms with Gasteiger partial charge in [-0.15, -0.1) is 0 Å². The molecule has 1 amide bonds. The highest BCUT2D eigenvalue weighted by Gasteiger charge is 2.10. The first-order valence-corrected chi connectivity index (χ1v) is 9.00. The predicted molar refractivity (Wildman–Crippen MR) is 102 cm³/mol. The Morgan fingerprint density at radius 1 is 1.19 bits per heavy atom. The Morgan fingerprint density at radius 2 is 1.93 bits per heavy atom. The molecule has 0 saturated carbocycles. The summed E-state index contributed by atoms with van der Waals surface area (Å²) in [6.45, 7) is 0.0445. The second-order valence-corrected chi connectivity index (χ2v) is 6.79. The molecule has 2 aromatic heterocycles. The van der Waals surface area contributed by atoms with Gasteiger partial charge in [-0.1, -0.05) is 23.9 Å². The number of rotatable bonds is 5. The molecule has 0 radical (unpaired) electrons. The molecule has 10 heteroatoms. The number of para-hydroxylation sites is 1. The van der Waals surface area contributed by atoms with Crippen LogP contribution in [0.2, 0.25) is 0 Å². The quantitative estimate of drug-likeness (QED) is 0.459. The summed E-state index contributed by atoms with van der Waals surface area (Å²) in [5, 5.41) is 3.47. The molecule has 0 aliphatic heterocycles. The Hall–Kier alpha value is -3.14. The SMILES string of the molecule is Cn1c(CNC(=O)CSc2nc3ccccc3c(=O)[nH]2)cc(=O)n(C)c1=O. The lowest BCUT2D eigenvalue weighted by atomic mass is 10.2. The summed E-state index contributed by atoms with van der Waals surface area (Å²) in [6.07, 6.45) is 0. The zero-order valence-electron chi connectivity index (χ0n) is 14.7. The number of fused-ring (bicyclic) bond motifs is 1. The molecule has 27 heavy (non-hydrogen) atoms. The fourth-order valence-corrected chi connectivity index (χ4v) is 3.15. The summed E-state index contributed by atoms with van der Waals surface area (Å²) in [6, 6.07) is 8.24. The third-order valence-electron chi connectivity index (χ3n) is 4.02. The summed E-state index contributed by atoms with van der Waals surface area (Å²) in [5.41, 5.74) is -0.203. The first kappa shape index (κ1) is 18.6. The summed E-state index contributed by atoms with van der Waals surface area (Å²) in [5.74, 6) is -0.288. The fraction of sp³-hybridized carbons (Fsp3) is 0.235. The second kappa shape index (κ2) is 7.62. The molecular formula is C17H17N5O4S. The van der Waals surface area contributed by atoms with Crippen molar-refractivity contribution in [2.45, 2.75) is 11.7 Å². The minimum absolute atomic E-state index is 0.0278. The molecule has 2 N–H and O–H groups in total. The van der Waals surface area contributed by atoms with Gasteiger partial charge in [0, 0.05) is 25.9 Å². The minimum atomic E-state index is -0.459. The summed E-state index contributed by atoms with van der Waals surface area (Å²) >= 11 is 1.09. The number of amides is 1. The van der Waals surface area contributed by atoms with Crippen molar-refractivity contribution in [1.82, 2.24) is 24.4 Å². The zero-order valence-corrected chi connectivity index (χ0v) is 15.5. The largest absolute Gasteiger partial charge is 0.350 e. The monoisotopic (exact) mass is 387 g/mol. The van der Waals surface area contributed by atoms with Crippen LogP contribution in [0.4, 0.5) is 0 Å². The molecule has 0 aliphatic carbocycles. The second-order valence-electron chi connectivity index (χ2n) is 5.83. The number of carbonyl (C=O) groups is 1. The van der Waals surface area contributed by atoms with E-state index in [1.807, 2.05) is 0 Å². The van der Waals surface area contributed by atoms with Gasteiger partial charge in [-0.25, -0.2) is 9.78 Å². The molecule has 140 valence electrons. The van der Waals surface area contributed by atoms with E-state index in [2.05, 4.69) is 15.3 Å². The Labute approximate surface area is 157 Å². The Bertz CT molecular complexity index is 1190. The van der Waals surface area contributed by atoms with E-state index in [4.69, 9.17) is 0 Å². The maximum atomic E-state index is 12.1. The highest BCUT2D eigenvalue weighted by Crippen LogP contribution is 2.14. The van der Waals surface area contributed by atoms with Crippen LogP contribution in [0.5, 0.6) is 0 Å².